The van der Waals surface area contributed by atoms with Gasteiger partial charge in [0.15, 0.2) is 0 Å². The van der Waals surface area contributed by atoms with Crippen molar-refractivity contribution in [1.82, 2.24) is 9.36 Å². The number of hydrogen-bond donors (Lipinski definition) is 2. The first-order valence-electron chi connectivity index (χ1n) is 5.23. The number of aromatic nitrogens is 2. The van der Waals surface area contributed by atoms with E-state index in [2.05, 4.69) is 28.5 Å². The van der Waals surface area contributed by atoms with Crippen molar-refractivity contribution in [3.63, 3.8) is 0 Å². The van der Waals surface area contributed by atoms with Crippen LogP contribution in [-0.4, -0.2) is 38.6 Å². The lowest BCUT2D eigenvalue weighted by Gasteiger charge is -2.21. The van der Waals surface area contributed by atoms with Crippen LogP contribution in [0.25, 0.3) is 0 Å². The maximum atomic E-state index is 9.96. The number of rotatable bonds is 6. The molecule has 16 heavy (non-hydrogen) atoms. The van der Waals surface area contributed by atoms with Gasteiger partial charge in [-0.2, -0.15) is 16.1 Å². The van der Waals surface area contributed by atoms with Gasteiger partial charge in [0.1, 0.15) is 5.82 Å². The van der Waals surface area contributed by atoms with Gasteiger partial charge < -0.3 is 10.4 Å². The molecule has 1 rings (SSSR count). The highest BCUT2D eigenvalue weighted by Gasteiger charge is 2.20. The van der Waals surface area contributed by atoms with Crippen molar-refractivity contribution >= 4 is 28.4 Å². The van der Waals surface area contributed by atoms with E-state index < -0.39 is 5.60 Å². The van der Waals surface area contributed by atoms with Gasteiger partial charge in [0, 0.05) is 29.7 Å². The molecule has 0 saturated carbocycles. The molecule has 0 aliphatic heterocycles. The summed E-state index contributed by atoms with van der Waals surface area (Å²) in [6, 6.07) is 0. The van der Waals surface area contributed by atoms with Crippen molar-refractivity contribution in [3.8, 4) is 0 Å². The largest absolute Gasteiger partial charge is 0.387 e. The van der Waals surface area contributed by atoms with Gasteiger partial charge in [0.05, 0.1) is 5.60 Å². The summed E-state index contributed by atoms with van der Waals surface area (Å²) in [5.74, 6) is 1.91. The van der Waals surface area contributed by atoms with Gasteiger partial charge in [-0.1, -0.05) is 13.8 Å². The third-order valence-electron chi connectivity index (χ3n) is 2.03. The smallest absolute Gasteiger partial charge is 0.202 e. The first-order chi connectivity index (χ1) is 7.44. The lowest BCUT2D eigenvalue weighted by atomic mass is 10.1. The van der Waals surface area contributed by atoms with Gasteiger partial charge in [-0.25, -0.2) is 4.98 Å². The van der Waals surface area contributed by atoms with Gasteiger partial charge in [0.2, 0.25) is 5.13 Å². The molecule has 4 nitrogen and oxygen atoms in total. The summed E-state index contributed by atoms with van der Waals surface area (Å²) >= 11 is 2.98. The monoisotopic (exact) mass is 261 g/mol. The minimum absolute atomic E-state index is 0.346. The molecule has 0 aliphatic carbocycles. The number of thioether (sulfide) groups is 1. The van der Waals surface area contributed by atoms with Crippen LogP contribution in [0.1, 0.15) is 32.5 Å². The van der Waals surface area contributed by atoms with E-state index in [1.54, 1.807) is 11.8 Å². The van der Waals surface area contributed by atoms with Crippen LogP contribution in [0.3, 0.4) is 0 Å². The van der Waals surface area contributed by atoms with Crippen LogP contribution in [-0.2, 0) is 0 Å². The van der Waals surface area contributed by atoms with Crippen molar-refractivity contribution in [2.45, 2.75) is 32.3 Å². The molecule has 0 radical (unpaired) electrons. The van der Waals surface area contributed by atoms with Crippen molar-refractivity contribution in [2.24, 2.45) is 0 Å². The standard InChI is InChI=1S/C10H19N3OS2/c1-7(2)8-12-9(16-13-8)11-5-10(3,14)6-15-4/h7,14H,5-6H2,1-4H3,(H,11,12,13). The Morgan fingerprint density at radius 1 is 1.56 bits per heavy atom. The molecule has 1 heterocycles. The molecule has 1 unspecified atom stereocenters. The van der Waals surface area contributed by atoms with Crippen molar-refractivity contribution in [3.05, 3.63) is 5.82 Å². The Morgan fingerprint density at radius 3 is 2.75 bits per heavy atom. The fourth-order valence-electron chi connectivity index (χ4n) is 1.17. The summed E-state index contributed by atoms with van der Waals surface area (Å²) in [6.07, 6.45) is 1.98. The molecule has 92 valence electrons. The first kappa shape index (κ1) is 13.7. The molecule has 0 amide bonds. The Bertz CT molecular complexity index is 326. The number of anilines is 1. The van der Waals surface area contributed by atoms with Gasteiger partial charge in [-0.15, -0.1) is 0 Å². The number of nitrogens with one attached hydrogen (secondary N) is 1. The highest BCUT2D eigenvalue weighted by atomic mass is 32.2. The van der Waals surface area contributed by atoms with E-state index in [0.29, 0.717) is 18.2 Å². The van der Waals surface area contributed by atoms with Crippen LogP contribution in [0.5, 0.6) is 0 Å². The molecule has 6 heteroatoms. The van der Waals surface area contributed by atoms with Crippen LogP contribution < -0.4 is 5.32 Å². The fourth-order valence-corrected chi connectivity index (χ4v) is 2.60. The molecule has 0 aromatic carbocycles. The Kier molecular flexibility index (Phi) is 5.01. The molecule has 0 bridgehead atoms. The number of hydrogen-bond acceptors (Lipinski definition) is 6. The molecule has 2 N–H and O–H groups in total. The van der Waals surface area contributed by atoms with Crippen LogP contribution in [0.15, 0.2) is 0 Å². The molecule has 0 saturated heterocycles. The first-order valence-corrected chi connectivity index (χ1v) is 7.40. The predicted octanol–water partition coefficient (Wildman–Crippen LogP) is 2.19. The molecule has 1 aromatic heterocycles. The van der Waals surface area contributed by atoms with E-state index in [1.165, 1.54) is 11.5 Å². The summed E-state index contributed by atoms with van der Waals surface area (Å²) in [5.41, 5.74) is -0.705. The quantitative estimate of drug-likeness (QED) is 0.822. The second kappa shape index (κ2) is 5.84. The van der Waals surface area contributed by atoms with Gasteiger partial charge >= 0.3 is 0 Å². The average Bonchev–Trinajstić information content (AvgIpc) is 2.63. The minimum atomic E-state index is -0.705. The minimum Gasteiger partial charge on any atom is -0.387 e. The van der Waals surface area contributed by atoms with Crippen LogP contribution >= 0.6 is 23.3 Å². The van der Waals surface area contributed by atoms with E-state index in [4.69, 9.17) is 0 Å². The highest BCUT2D eigenvalue weighted by Crippen LogP contribution is 2.18. The Balaban J connectivity index is 2.48. The van der Waals surface area contributed by atoms with Crippen LogP contribution in [0, 0.1) is 0 Å². The lowest BCUT2D eigenvalue weighted by Crippen LogP contribution is -2.36. The van der Waals surface area contributed by atoms with E-state index in [-0.39, 0.29) is 0 Å². The molecule has 0 spiro atoms. The zero-order chi connectivity index (χ0) is 12.2. The van der Waals surface area contributed by atoms with Gasteiger partial charge in [0.25, 0.3) is 0 Å². The predicted molar refractivity (Wildman–Crippen MR) is 71.5 cm³/mol. The molecular formula is C10H19N3OS2. The molecule has 1 atom stereocenters. The third-order valence-corrected chi connectivity index (χ3v) is 3.63. The van der Waals surface area contributed by atoms with Gasteiger partial charge in [-0.3, -0.25) is 0 Å². The molecule has 1 aromatic rings. The summed E-state index contributed by atoms with van der Waals surface area (Å²) in [6.45, 7) is 6.45. The lowest BCUT2D eigenvalue weighted by molar-refractivity contribution is 0.0997. The normalized spacial score (nSPS) is 15.1. The zero-order valence-electron chi connectivity index (χ0n) is 10.1. The van der Waals surface area contributed by atoms with E-state index in [9.17, 15) is 5.11 Å². The average molecular weight is 261 g/mol. The fraction of sp³-hybridized carbons (Fsp3) is 0.800. The number of nitrogens with zero attached hydrogens (tertiary/aromatic N) is 2. The maximum Gasteiger partial charge on any atom is 0.202 e. The SMILES string of the molecule is CSCC(C)(O)CNc1nc(C(C)C)ns1. The summed E-state index contributed by atoms with van der Waals surface area (Å²) < 4.78 is 4.24. The second-order valence-electron chi connectivity index (χ2n) is 4.40. The van der Waals surface area contributed by atoms with E-state index in [0.717, 1.165) is 11.0 Å². The van der Waals surface area contributed by atoms with Crippen molar-refractivity contribution in [2.75, 3.05) is 23.9 Å². The molecule has 0 aliphatic rings. The summed E-state index contributed by atoms with van der Waals surface area (Å²) in [4.78, 5) is 4.35. The number of aliphatic hydroxyl groups is 1. The Hall–Kier alpha value is -0.330. The Morgan fingerprint density at radius 2 is 2.25 bits per heavy atom. The molecule has 0 fully saturated rings. The van der Waals surface area contributed by atoms with Crippen LogP contribution in [0.2, 0.25) is 0 Å². The van der Waals surface area contributed by atoms with Crippen molar-refractivity contribution in [1.29, 1.82) is 0 Å². The second-order valence-corrected chi connectivity index (χ2v) is 6.01. The highest BCUT2D eigenvalue weighted by molar-refractivity contribution is 7.98. The maximum absolute atomic E-state index is 9.96. The third kappa shape index (κ3) is 4.27. The van der Waals surface area contributed by atoms with Crippen molar-refractivity contribution < 1.29 is 5.11 Å². The summed E-state index contributed by atoms with van der Waals surface area (Å²) in [7, 11) is 0. The van der Waals surface area contributed by atoms with E-state index >= 15 is 0 Å². The topological polar surface area (TPSA) is 58.0 Å². The summed E-state index contributed by atoms with van der Waals surface area (Å²) in [5, 5.41) is 13.9. The zero-order valence-corrected chi connectivity index (χ0v) is 11.8. The van der Waals surface area contributed by atoms with Crippen LogP contribution in [0.4, 0.5) is 5.13 Å². The van der Waals surface area contributed by atoms with Gasteiger partial charge in [-0.05, 0) is 13.2 Å². The Labute approximate surface area is 105 Å². The molecular weight excluding hydrogens is 242 g/mol. The van der Waals surface area contributed by atoms with E-state index in [1.807, 2.05) is 13.2 Å².